The Kier molecular flexibility index (Phi) is 4.57. The van der Waals surface area contributed by atoms with Crippen LogP contribution in [0.3, 0.4) is 0 Å². The average Bonchev–Trinajstić information content (AvgIpc) is 2.94. The summed E-state index contributed by atoms with van der Waals surface area (Å²) in [6, 6.07) is 15.4. The Morgan fingerprint density at radius 2 is 1.83 bits per heavy atom. The van der Waals surface area contributed by atoms with Crippen LogP contribution < -0.4 is 4.74 Å². The van der Waals surface area contributed by atoms with Crippen LogP contribution in [-0.4, -0.2) is 19.0 Å². The topological polar surface area (TPSA) is 47.9 Å². The molecular weight excluding hydrogens is 302 g/mol. The summed E-state index contributed by atoms with van der Waals surface area (Å²) >= 11 is 0. The quantitative estimate of drug-likeness (QED) is 0.632. The third kappa shape index (κ3) is 3.79. The second kappa shape index (κ2) is 6.96. The van der Waals surface area contributed by atoms with Gasteiger partial charge >= 0.3 is 5.97 Å². The van der Waals surface area contributed by atoms with Crippen LogP contribution in [0.2, 0.25) is 0 Å². The molecule has 0 bridgehead atoms. The molecule has 0 atom stereocenters. The number of nitrogens with zero attached hydrogens (tertiary/aromatic N) is 1. The van der Waals surface area contributed by atoms with Gasteiger partial charge in [0, 0.05) is 6.08 Å². The molecule has 2 aromatic carbocycles. The summed E-state index contributed by atoms with van der Waals surface area (Å²) in [4.78, 5) is 16.2. The number of benzene rings is 2. The van der Waals surface area contributed by atoms with Gasteiger partial charge in [0.25, 0.3) is 0 Å². The molecule has 0 amide bonds. The summed E-state index contributed by atoms with van der Waals surface area (Å²) in [6.45, 7) is 2.03. The zero-order valence-electron chi connectivity index (χ0n) is 13.5. The maximum Gasteiger partial charge on any atom is 0.363 e. The SMILES string of the molecule is COc1cccc(/C=C2N=C(/C=C/c3ccc(C)cc3)OC/2=O)c1. The predicted molar refractivity (Wildman–Crippen MR) is 94.7 cm³/mol. The van der Waals surface area contributed by atoms with Gasteiger partial charge in [-0.15, -0.1) is 0 Å². The number of hydrogen-bond acceptors (Lipinski definition) is 4. The molecule has 0 aromatic heterocycles. The van der Waals surface area contributed by atoms with E-state index in [0.29, 0.717) is 0 Å². The molecule has 1 aliphatic rings. The molecule has 0 radical (unpaired) electrons. The molecule has 0 saturated carbocycles. The van der Waals surface area contributed by atoms with Crippen LogP contribution in [0.5, 0.6) is 5.75 Å². The minimum Gasteiger partial charge on any atom is -0.497 e. The monoisotopic (exact) mass is 319 g/mol. The Hall–Kier alpha value is -3.14. The van der Waals surface area contributed by atoms with Gasteiger partial charge in [-0.05, 0) is 42.3 Å². The van der Waals surface area contributed by atoms with Crippen LogP contribution >= 0.6 is 0 Å². The number of rotatable bonds is 4. The van der Waals surface area contributed by atoms with Crippen molar-refractivity contribution in [3.63, 3.8) is 0 Å². The third-order valence-electron chi connectivity index (χ3n) is 3.53. The van der Waals surface area contributed by atoms with Crippen LogP contribution in [0.15, 0.2) is 65.3 Å². The standard InChI is InChI=1S/C20H17NO3/c1-14-6-8-15(9-7-14)10-11-19-21-18(20(22)24-19)13-16-4-3-5-17(12-16)23-2/h3-13H,1-2H3/b11-10+,18-13+. The highest BCUT2D eigenvalue weighted by Crippen LogP contribution is 2.19. The lowest BCUT2D eigenvalue weighted by molar-refractivity contribution is -0.129. The normalized spacial score (nSPS) is 15.7. The van der Waals surface area contributed by atoms with E-state index < -0.39 is 5.97 Å². The van der Waals surface area contributed by atoms with Crippen molar-refractivity contribution in [1.82, 2.24) is 0 Å². The number of carbonyl (C=O) groups is 1. The molecule has 1 heterocycles. The zero-order chi connectivity index (χ0) is 16.9. The lowest BCUT2D eigenvalue weighted by Gasteiger charge is -2.00. The van der Waals surface area contributed by atoms with E-state index in [0.717, 1.165) is 16.9 Å². The fraction of sp³-hybridized carbons (Fsp3) is 0.100. The van der Waals surface area contributed by atoms with E-state index in [-0.39, 0.29) is 11.6 Å². The molecule has 0 spiro atoms. The molecule has 0 fully saturated rings. The van der Waals surface area contributed by atoms with Crippen LogP contribution in [0.4, 0.5) is 0 Å². The Labute approximate surface area is 140 Å². The molecule has 4 heteroatoms. The molecule has 0 saturated heterocycles. The van der Waals surface area contributed by atoms with Gasteiger partial charge in [0.2, 0.25) is 5.90 Å². The predicted octanol–water partition coefficient (Wildman–Crippen LogP) is 4.01. The van der Waals surface area contributed by atoms with Crippen molar-refractivity contribution < 1.29 is 14.3 Å². The first-order valence-corrected chi connectivity index (χ1v) is 7.55. The van der Waals surface area contributed by atoms with E-state index in [9.17, 15) is 4.79 Å². The number of carbonyl (C=O) groups excluding carboxylic acids is 1. The van der Waals surface area contributed by atoms with Gasteiger partial charge in [0.1, 0.15) is 5.75 Å². The number of aryl methyl sites for hydroxylation is 1. The Bertz CT molecular complexity index is 845. The molecule has 2 aromatic rings. The average molecular weight is 319 g/mol. The summed E-state index contributed by atoms with van der Waals surface area (Å²) in [6.07, 6.45) is 5.23. The summed E-state index contributed by atoms with van der Waals surface area (Å²) in [5, 5.41) is 0. The lowest BCUT2D eigenvalue weighted by Crippen LogP contribution is -2.01. The van der Waals surface area contributed by atoms with Crippen molar-refractivity contribution in [3.05, 3.63) is 77.0 Å². The second-order valence-corrected chi connectivity index (χ2v) is 5.39. The van der Waals surface area contributed by atoms with Crippen LogP contribution in [0.1, 0.15) is 16.7 Å². The van der Waals surface area contributed by atoms with Gasteiger partial charge in [-0.2, -0.15) is 0 Å². The molecule has 0 aliphatic carbocycles. The van der Waals surface area contributed by atoms with Crippen molar-refractivity contribution in [2.24, 2.45) is 4.99 Å². The van der Waals surface area contributed by atoms with Crippen LogP contribution in [-0.2, 0) is 9.53 Å². The van der Waals surface area contributed by atoms with E-state index in [2.05, 4.69) is 4.99 Å². The second-order valence-electron chi connectivity index (χ2n) is 5.39. The summed E-state index contributed by atoms with van der Waals surface area (Å²) < 4.78 is 10.3. The highest BCUT2D eigenvalue weighted by molar-refractivity contribution is 6.11. The lowest BCUT2D eigenvalue weighted by atomic mass is 10.1. The van der Waals surface area contributed by atoms with Gasteiger partial charge in [0.15, 0.2) is 5.70 Å². The highest BCUT2D eigenvalue weighted by atomic mass is 16.6. The van der Waals surface area contributed by atoms with Crippen molar-refractivity contribution in [3.8, 4) is 5.75 Å². The van der Waals surface area contributed by atoms with Crippen molar-refractivity contribution in [2.75, 3.05) is 7.11 Å². The van der Waals surface area contributed by atoms with Crippen molar-refractivity contribution >= 4 is 24.0 Å². The highest BCUT2D eigenvalue weighted by Gasteiger charge is 2.21. The molecule has 4 nitrogen and oxygen atoms in total. The Morgan fingerprint density at radius 1 is 1.04 bits per heavy atom. The maximum atomic E-state index is 11.9. The molecule has 120 valence electrons. The molecule has 1 aliphatic heterocycles. The first kappa shape index (κ1) is 15.7. The number of ether oxygens (including phenoxy) is 2. The summed E-state index contributed by atoms with van der Waals surface area (Å²) in [5.74, 6) is 0.551. The van der Waals surface area contributed by atoms with E-state index in [1.165, 1.54) is 5.56 Å². The van der Waals surface area contributed by atoms with Gasteiger partial charge < -0.3 is 9.47 Å². The first-order valence-electron chi connectivity index (χ1n) is 7.55. The maximum absolute atomic E-state index is 11.9. The Balaban J connectivity index is 1.79. The number of esters is 1. The van der Waals surface area contributed by atoms with Crippen LogP contribution in [0, 0.1) is 6.92 Å². The van der Waals surface area contributed by atoms with E-state index >= 15 is 0 Å². The molecule has 3 rings (SSSR count). The number of aliphatic imine (C=N–C) groups is 1. The van der Waals surface area contributed by atoms with E-state index in [4.69, 9.17) is 9.47 Å². The van der Waals surface area contributed by atoms with Crippen LogP contribution in [0.25, 0.3) is 12.2 Å². The van der Waals surface area contributed by atoms with Gasteiger partial charge in [-0.3, -0.25) is 0 Å². The zero-order valence-corrected chi connectivity index (χ0v) is 13.5. The number of methoxy groups -OCH3 is 1. The summed E-state index contributed by atoms with van der Waals surface area (Å²) in [7, 11) is 1.60. The van der Waals surface area contributed by atoms with E-state index in [1.54, 1.807) is 19.3 Å². The fourth-order valence-electron chi connectivity index (χ4n) is 2.23. The molecule has 0 unspecified atom stereocenters. The largest absolute Gasteiger partial charge is 0.497 e. The smallest absolute Gasteiger partial charge is 0.363 e. The molecular formula is C20H17NO3. The number of cyclic esters (lactones) is 1. The van der Waals surface area contributed by atoms with Gasteiger partial charge in [0.05, 0.1) is 7.11 Å². The van der Waals surface area contributed by atoms with Gasteiger partial charge in [-0.25, -0.2) is 9.79 Å². The Morgan fingerprint density at radius 3 is 2.58 bits per heavy atom. The minimum atomic E-state index is -0.457. The first-order chi connectivity index (χ1) is 11.6. The van der Waals surface area contributed by atoms with Crippen molar-refractivity contribution in [2.45, 2.75) is 6.92 Å². The third-order valence-corrected chi connectivity index (χ3v) is 3.53. The molecule has 0 N–H and O–H groups in total. The van der Waals surface area contributed by atoms with Crippen molar-refractivity contribution in [1.29, 1.82) is 0 Å². The minimum absolute atomic E-state index is 0.270. The number of hydrogen-bond donors (Lipinski definition) is 0. The van der Waals surface area contributed by atoms with Gasteiger partial charge in [-0.1, -0.05) is 42.0 Å². The fourth-order valence-corrected chi connectivity index (χ4v) is 2.23. The van der Waals surface area contributed by atoms with E-state index in [1.807, 2.05) is 61.5 Å². The molecule has 24 heavy (non-hydrogen) atoms. The summed E-state index contributed by atoms with van der Waals surface area (Å²) in [5.41, 5.74) is 3.31.